The van der Waals surface area contributed by atoms with E-state index in [0.717, 1.165) is 0 Å². The molecule has 0 bridgehead atoms. The van der Waals surface area contributed by atoms with Crippen LogP contribution in [-0.2, 0) is 0 Å². The Labute approximate surface area is 141 Å². The second kappa shape index (κ2) is 6.82. The van der Waals surface area contributed by atoms with Crippen molar-refractivity contribution in [3.8, 4) is 17.4 Å². The van der Waals surface area contributed by atoms with Crippen LogP contribution in [0.2, 0.25) is 0 Å². The first-order valence-electron chi connectivity index (χ1n) is 6.60. The standard InChI is InChI=1S/C15H14N2O4.Li.H/c1-20-14-13(15(18)19)12(8-16-17-14)21-11-4-2-3-10(7-11)9-5-6-9;;/h2-4,7-9H,5-6H2,1H3,(H,18,19);;/q;+1;-1. The van der Waals surface area contributed by atoms with Gasteiger partial charge < -0.3 is 16.0 Å². The van der Waals surface area contributed by atoms with Crippen molar-refractivity contribution in [2.24, 2.45) is 0 Å². The maximum atomic E-state index is 11.3. The third kappa shape index (κ3) is 3.41. The maximum Gasteiger partial charge on any atom is 1.00 e. The number of nitrogens with zero attached hydrogens (tertiary/aromatic N) is 2. The molecular weight excluding hydrogens is 279 g/mol. The number of carboxylic acid groups (broad SMARTS) is 1. The molecule has 0 atom stereocenters. The van der Waals surface area contributed by atoms with Gasteiger partial charge in [-0.05, 0) is 36.5 Å². The van der Waals surface area contributed by atoms with Gasteiger partial charge in [0.15, 0.2) is 11.3 Å². The minimum atomic E-state index is -1.17. The van der Waals surface area contributed by atoms with Crippen LogP contribution < -0.4 is 28.3 Å². The van der Waals surface area contributed by atoms with Crippen molar-refractivity contribution >= 4 is 5.97 Å². The van der Waals surface area contributed by atoms with Gasteiger partial charge in [-0.3, -0.25) is 0 Å². The average molecular weight is 294 g/mol. The van der Waals surface area contributed by atoms with Gasteiger partial charge in [0.2, 0.25) is 0 Å². The quantitative estimate of drug-likeness (QED) is 0.780. The SMILES string of the molecule is COc1nncc(Oc2cccc(C3CC3)c2)c1C(=O)O.[H-].[Li+]. The van der Waals surface area contributed by atoms with E-state index in [1.54, 1.807) is 6.07 Å². The molecule has 7 heteroatoms. The van der Waals surface area contributed by atoms with Gasteiger partial charge in [-0.15, -0.1) is 5.10 Å². The summed E-state index contributed by atoms with van der Waals surface area (Å²) in [6.07, 6.45) is 3.65. The summed E-state index contributed by atoms with van der Waals surface area (Å²) in [5.41, 5.74) is 1.07. The van der Waals surface area contributed by atoms with E-state index in [1.807, 2.05) is 18.2 Å². The number of hydrogen-bond donors (Lipinski definition) is 1. The summed E-state index contributed by atoms with van der Waals surface area (Å²) >= 11 is 0. The molecule has 3 rings (SSSR count). The molecule has 0 spiro atoms. The minimum Gasteiger partial charge on any atom is -1.00 e. The van der Waals surface area contributed by atoms with E-state index < -0.39 is 5.97 Å². The van der Waals surface area contributed by atoms with E-state index in [-0.39, 0.29) is 37.5 Å². The van der Waals surface area contributed by atoms with Gasteiger partial charge >= 0.3 is 24.8 Å². The van der Waals surface area contributed by atoms with Crippen LogP contribution in [0.4, 0.5) is 0 Å². The third-order valence-corrected chi connectivity index (χ3v) is 3.33. The Kier molecular flexibility index (Phi) is 5.06. The summed E-state index contributed by atoms with van der Waals surface area (Å²) < 4.78 is 10.6. The Morgan fingerprint density at radius 1 is 1.41 bits per heavy atom. The summed E-state index contributed by atoms with van der Waals surface area (Å²) in [5, 5.41) is 16.6. The molecule has 0 aliphatic heterocycles. The van der Waals surface area contributed by atoms with Crippen LogP contribution in [0.3, 0.4) is 0 Å². The molecule has 2 aromatic rings. The molecule has 22 heavy (non-hydrogen) atoms. The fourth-order valence-electron chi connectivity index (χ4n) is 2.15. The number of aromatic carboxylic acids is 1. The van der Waals surface area contributed by atoms with E-state index in [1.165, 1.54) is 31.7 Å². The van der Waals surface area contributed by atoms with Gasteiger partial charge in [0.05, 0.1) is 13.3 Å². The molecule has 1 saturated carbocycles. The fourth-order valence-corrected chi connectivity index (χ4v) is 2.15. The van der Waals surface area contributed by atoms with Gasteiger partial charge in [0.1, 0.15) is 5.75 Å². The first-order valence-corrected chi connectivity index (χ1v) is 6.60. The molecule has 1 aromatic carbocycles. The predicted molar refractivity (Wildman–Crippen MR) is 75.1 cm³/mol. The van der Waals surface area contributed by atoms with Gasteiger partial charge in [0.25, 0.3) is 5.88 Å². The zero-order valence-electron chi connectivity index (χ0n) is 13.4. The van der Waals surface area contributed by atoms with Crippen LogP contribution in [-0.4, -0.2) is 28.4 Å². The molecule has 0 radical (unpaired) electrons. The van der Waals surface area contributed by atoms with Crippen molar-refractivity contribution in [1.29, 1.82) is 0 Å². The molecule has 110 valence electrons. The number of ether oxygens (including phenoxy) is 2. The van der Waals surface area contributed by atoms with Gasteiger partial charge in [-0.25, -0.2) is 4.79 Å². The molecule has 0 amide bonds. The molecule has 0 saturated heterocycles. The Morgan fingerprint density at radius 2 is 2.18 bits per heavy atom. The Balaban J connectivity index is 0.00000132. The van der Waals surface area contributed by atoms with Crippen LogP contribution >= 0.6 is 0 Å². The van der Waals surface area contributed by atoms with E-state index in [9.17, 15) is 9.90 Å². The van der Waals surface area contributed by atoms with E-state index in [4.69, 9.17) is 9.47 Å². The van der Waals surface area contributed by atoms with Crippen LogP contribution in [0.25, 0.3) is 0 Å². The number of hydrogen-bond acceptors (Lipinski definition) is 5. The molecule has 1 aliphatic rings. The Hall–Kier alpha value is -2.03. The summed E-state index contributed by atoms with van der Waals surface area (Å²) in [6.45, 7) is 0. The van der Waals surface area contributed by atoms with Crippen molar-refractivity contribution in [2.45, 2.75) is 18.8 Å². The molecule has 0 unspecified atom stereocenters. The Bertz CT molecular complexity index is 695. The Morgan fingerprint density at radius 3 is 2.82 bits per heavy atom. The van der Waals surface area contributed by atoms with E-state index >= 15 is 0 Å². The number of aromatic nitrogens is 2. The second-order valence-electron chi connectivity index (χ2n) is 4.85. The number of carbonyl (C=O) groups is 1. The second-order valence-corrected chi connectivity index (χ2v) is 4.85. The topological polar surface area (TPSA) is 81.5 Å². The van der Waals surface area contributed by atoms with Crippen LogP contribution in [0.15, 0.2) is 30.5 Å². The zero-order chi connectivity index (χ0) is 14.8. The molecule has 1 N–H and O–H groups in total. The van der Waals surface area contributed by atoms with Gasteiger partial charge in [-0.2, -0.15) is 5.10 Å². The number of methoxy groups -OCH3 is 1. The van der Waals surface area contributed by atoms with Crippen LogP contribution in [0.1, 0.15) is 36.1 Å². The van der Waals surface area contributed by atoms with Crippen molar-refractivity contribution in [2.75, 3.05) is 7.11 Å². The molecule has 6 nitrogen and oxygen atoms in total. The predicted octanol–water partition coefficient (Wildman–Crippen LogP) is -0.0304. The number of rotatable bonds is 5. The fraction of sp³-hybridized carbons (Fsp3) is 0.267. The van der Waals surface area contributed by atoms with E-state index in [0.29, 0.717) is 11.7 Å². The molecule has 1 heterocycles. The first-order chi connectivity index (χ1) is 10.2. The number of carboxylic acids is 1. The van der Waals surface area contributed by atoms with Crippen molar-refractivity contribution in [1.82, 2.24) is 10.2 Å². The summed E-state index contributed by atoms with van der Waals surface area (Å²) in [4.78, 5) is 11.3. The van der Waals surface area contributed by atoms with Gasteiger partial charge in [0, 0.05) is 0 Å². The summed E-state index contributed by atoms with van der Waals surface area (Å²) in [7, 11) is 1.34. The largest absolute Gasteiger partial charge is 1.00 e. The van der Waals surface area contributed by atoms with Crippen molar-refractivity contribution < 1.29 is 39.7 Å². The summed E-state index contributed by atoms with van der Waals surface area (Å²) in [6, 6.07) is 7.66. The smallest absolute Gasteiger partial charge is 1.00 e. The monoisotopic (exact) mass is 294 g/mol. The molecule has 1 fully saturated rings. The van der Waals surface area contributed by atoms with E-state index in [2.05, 4.69) is 10.2 Å². The number of benzene rings is 1. The zero-order valence-corrected chi connectivity index (χ0v) is 12.4. The normalized spacial score (nSPS) is 13.1. The van der Waals surface area contributed by atoms with Crippen molar-refractivity contribution in [3.63, 3.8) is 0 Å². The molecule has 1 aromatic heterocycles. The van der Waals surface area contributed by atoms with Gasteiger partial charge in [-0.1, -0.05) is 12.1 Å². The van der Waals surface area contributed by atoms with Crippen LogP contribution in [0, 0.1) is 0 Å². The van der Waals surface area contributed by atoms with Crippen LogP contribution in [0.5, 0.6) is 17.4 Å². The van der Waals surface area contributed by atoms with Crippen molar-refractivity contribution in [3.05, 3.63) is 41.6 Å². The summed E-state index contributed by atoms with van der Waals surface area (Å²) in [5.74, 6) is 0.0466. The molecule has 1 aliphatic carbocycles. The molecular formula is C15H15LiN2O4. The average Bonchev–Trinajstić information content (AvgIpc) is 3.31. The minimum absolute atomic E-state index is 0. The first kappa shape index (κ1) is 16.3. The maximum absolute atomic E-state index is 11.3. The third-order valence-electron chi connectivity index (χ3n) is 3.33.